The minimum absolute atomic E-state index is 0.0209. The molecule has 0 radical (unpaired) electrons. The molecular weight excluding hydrogens is 616 g/mol. The van der Waals surface area contributed by atoms with Crippen molar-refractivity contribution in [3.8, 4) is 0 Å². The van der Waals surface area contributed by atoms with Gasteiger partial charge in [0.05, 0.1) is 20.6 Å². The Morgan fingerprint density at radius 1 is 0.900 bits per heavy atom. The fourth-order valence-electron chi connectivity index (χ4n) is 3.80. The molecule has 0 aromatic heterocycles. The van der Waals surface area contributed by atoms with Gasteiger partial charge < -0.3 is 10.2 Å². The van der Waals surface area contributed by atoms with Crippen LogP contribution in [-0.2, 0) is 26.2 Å². The lowest BCUT2D eigenvalue weighted by Crippen LogP contribution is -2.52. The lowest BCUT2D eigenvalue weighted by atomic mass is 10.1. The average Bonchev–Trinajstić information content (AvgIpc) is 2.92. The molecule has 0 aliphatic rings. The topological polar surface area (TPSA) is 86.8 Å². The Morgan fingerprint density at radius 3 is 2.20 bits per heavy atom. The normalized spacial score (nSPS) is 12.9. The van der Waals surface area contributed by atoms with Gasteiger partial charge in [0.1, 0.15) is 12.6 Å². The van der Waals surface area contributed by atoms with Gasteiger partial charge in [0.15, 0.2) is 0 Å². The third kappa shape index (κ3) is 7.62. The van der Waals surface area contributed by atoms with E-state index in [1.54, 1.807) is 37.3 Å². The van der Waals surface area contributed by atoms with Gasteiger partial charge in [-0.25, -0.2) is 8.42 Å². The molecule has 214 valence electrons. The summed E-state index contributed by atoms with van der Waals surface area (Å²) in [5, 5.41) is 3.66. The summed E-state index contributed by atoms with van der Waals surface area (Å²) in [6.45, 7) is 4.60. The monoisotopic (exact) mass is 643 g/mol. The van der Waals surface area contributed by atoms with E-state index in [1.807, 2.05) is 13.8 Å². The Bertz CT molecular complexity index is 1470. The highest BCUT2D eigenvalue weighted by Gasteiger charge is 2.34. The van der Waals surface area contributed by atoms with Crippen LogP contribution in [0.5, 0.6) is 0 Å². The minimum Gasteiger partial charge on any atom is -0.352 e. The number of nitrogens with one attached hydrogen (secondary N) is 1. The molecule has 0 heterocycles. The summed E-state index contributed by atoms with van der Waals surface area (Å²) in [5.41, 5.74) is 0.549. The molecule has 3 rings (SSSR count). The maximum absolute atomic E-state index is 14.0. The van der Waals surface area contributed by atoms with Gasteiger partial charge >= 0.3 is 0 Å². The van der Waals surface area contributed by atoms with Gasteiger partial charge in [0.25, 0.3) is 10.0 Å². The van der Waals surface area contributed by atoms with E-state index in [0.29, 0.717) is 22.0 Å². The lowest BCUT2D eigenvalue weighted by molar-refractivity contribution is -0.139. The Kier molecular flexibility index (Phi) is 11.1. The van der Waals surface area contributed by atoms with E-state index in [1.165, 1.54) is 41.3 Å². The fraction of sp³-hybridized carbons (Fsp3) is 0.286. The van der Waals surface area contributed by atoms with Gasteiger partial charge in [0, 0.05) is 22.6 Å². The maximum Gasteiger partial charge on any atom is 0.264 e. The second kappa shape index (κ2) is 13.9. The third-order valence-corrected chi connectivity index (χ3v) is 9.50. The first kappa shape index (κ1) is 32.0. The standard InChI is InChI=1S/C28H29Cl4N3O4S/c1-4-18(2)33-28(37)19(3)34(16-20-13-14-21(29)15-24(20)31)26(36)17-35(25-12-8-11-23(30)27(25)32)40(38,39)22-9-6-5-7-10-22/h5-15,18-19H,4,16-17H2,1-3H3,(H,33,37). The zero-order valence-corrected chi connectivity index (χ0v) is 25.9. The predicted octanol–water partition coefficient (Wildman–Crippen LogP) is 6.83. The second-order valence-electron chi connectivity index (χ2n) is 9.15. The molecule has 2 unspecified atom stereocenters. The molecule has 3 aromatic carbocycles. The van der Waals surface area contributed by atoms with Crippen LogP contribution in [0.3, 0.4) is 0 Å². The highest BCUT2D eigenvalue weighted by atomic mass is 35.5. The first-order valence-electron chi connectivity index (χ1n) is 12.4. The first-order valence-corrected chi connectivity index (χ1v) is 15.4. The van der Waals surface area contributed by atoms with E-state index in [0.717, 1.165) is 4.31 Å². The molecule has 0 aliphatic heterocycles. The molecule has 40 heavy (non-hydrogen) atoms. The summed E-state index contributed by atoms with van der Waals surface area (Å²) >= 11 is 25.1. The van der Waals surface area contributed by atoms with Crippen molar-refractivity contribution in [2.45, 2.75) is 50.7 Å². The van der Waals surface area contributed by atoms with Crippen LogP contribution in [0.4, 0.5) is 5.69 Å². The van der Waals surface area contributed by atoms with Crippen LogP contribution in [0.1, 0.15) is 32.8 Å². The number of hydrogen-bond acceptors (Lipinski definition) is 4. The number of rotatable bonds is 11. The summed E-state index contributed by atoms with van der Waals surface area (Å²) in [6, 6.07) is 15.9. The summed E-state index contributed by atoms with van der Waals surface area (Å²) in [5.74, 6) is -1.06. The number of nitrogens with zero attached hydrogens (tertiary/aromatic N) is 2. The van der Waals surface area contributed by atoms with Gasteiger partial charge in [-0.1, -0.05) is 83.7 Å². The molecule has 0 saturated heterocycles. The average molecular weight is 645 g/mol. The molecule has 1 N–H and O–H groups in total. The van der Waals surface area contributed by atoms with Gasteiger partial charge in [-0.15, -0.1) is 0 Å². The lowest BCUT2D eigenvalue weighted by Gasteiger charge is -2.33. The second-order valence-corrected chi connectivity index (χ2v) is 12.6. The molecular formula is C28H29Cl4N3O4S. The van der Waals surface area contributed by atoms with E-state index in [4.69, 9.17) is 46.4 Å². The van der Waals surface area contributed by atoms with E-state index in [-0.39, 0.29) is 33.2 Å². The zero-order valence-electron chi connectivity index (χ0n) is 22.1. The molecule has 3 aromatic rings. The first-order chi connectivity index (χ1) is 18.9. The fourth-order valence-corrected chi connectivity index (χ4v) is 6.16. The number of carbonyl (C=O) groups excluding carboxylic acids is 2. The molecule has 7 nitrogen and oxygen atoms in total. The van der Waals surface area contributed by atoms with Gasteiger partial charge in [-0.2, -0.15) is 0 Å². The number of amides is 2. The minimum atomic E-state index is -4.28. The molecule has 0 fully saturated rings. The van der Waals surface area contributed by atoms with Crippen LogP contribution in [-0.4, -0.2) is 43.8 Å². The highest BCUT2D eigenvalue weighted by molar-refractivity contribution is 7.92. The van der Waals surface area contributed by atoms with Gasteiger partial charge in [0.2, 0.25) is 11.8 Å². The quantitative estimate of drug-likeness (QED) is 0.248. The Hall–Kier alpha value is -2.49. The molecule has 0 saturated carbocycles. The number of anilines is 1. The SMILES string of the molecule is CCC(C)NC(=O)C(C)N(Cc1ccc(Cl)cc1Cl)C(=O)CN(c1cccc(Cl)c1Cl)S(=O)(=O)c1ccccc1. The molecule has 2 amide bonds. The summed E-state index contributed by atoms with van der Waals surface area (Å²) < 4.78 is 28.6. The Labute approximate surface area is 255 Å². The van der Waals surface area contributed by atoms with E-state index < -0.39 is 34.4 Å². The van der Waals surface area contributed by atoms with Gasteiger partial charge in [-0.3, -0.25) is 13.9 Å². The molecule has 0 spiro atoms. The van der Waals surface area contributed by atoms with Crippen molar-refractivity contribution in [3.63, 3.8) is 0 Å². The number of benzene rings is 3. The van der Waals surface area contributed by atoms with Crippen molar-refractivity contribution in [2.75, 3.05) is 10.8 Å². The summed E-state index contributed by atoms with van der Waals surface area (Å²) in [4.78, 5) is 28.3. The molecule has 0 aliphatic carbocycles. The van der Waals surface area contributed by atoms with Crippen molar-refractivity contribution in [1.82, 2.24) is 10.2 Å². The van der Waals surface area contributed by atoms with Crippen LogP contribution in [0.2, 0.25) is 20.1 Å². The van der Waals surface area contributed by atoms with Crippen molar-refractivity contribution >= 4 is 73.9 Å². The third-order valence-electron chi connectivity index (χ3n) is 6.33. The van der Waals surface area contributed by atoms with Gasteiger partial charge in [-0.05, 0) is 62.2 Å². The Balaban J connectivity index is 2.08. The number of hydrogen-bond donors (Lipinski definition) is 1. The zero-order chi connectivity index (χ0) is 29.6. The molecule has 0 bridgehead atoms. The molecule has 12 heteroatoms. The summed E-state index contributed by atoms with van der Waals surface area (Å²) in [6.07, 6.45) is 0.686. The number of carbonyl (C=O) groups is 2. The molecule has 2 atom stereocenters. The van der Waals surface area contributed by atoms with Crippen LogP contribution in [0.15, 0.2) is 71.6 Å². The Morgan fingerprint density at radius 2 is 1.57 bits per heavy atom. The van der Waals surface area contributed by atoms with Crippen molar-refractivity contribution in [1.29, 1.82) is 0 Å². The largest absolute Gasteiger partial charge is 0.352 e. The van der Waals surface area contributed by atoms with E-state index in [2.05, 4.69) is 5.32 Å². The van der Waals surface area contributed by atoms with E-state index >= 15 is 0 Å². The van der Waals surface area contributed by atoms with Crippen LogP contribution < -0.4 is 9.62 Å². The van der Waals surface area contributed by atoms with Crippen molar-refractivity contribution in [3.05, 3.63) is 92.4 Å². The number of halogens is 4. The highest BCUT2D eigenvalue weighted by Crippen LogP contribution is 2.35. The van der Waals surface area contributed by atoms with Crippen molar-refractivity contribution in [2.24, 2.45) is 0 Å². The van der Waals surface area contributed by atoms with Crippen LogP contribution in [0.25, 0.3) is 0 Å². The number of sulfonamides is 1. The predicted molar refractivity (Wildman–Crippen MR) is 162 cm³/mol. The summed E-state index contributed by atoms with van der Waals surface area (Å²) in [7, 11) is -4.28. The van der Waals surface area contributed by atoms with E-state index in [9.17, 15) is 18.0 Å². The maximum atomic E-state index is 14.0. The van der Waals surface area contributed by atoms with Crippen LogP contribution >= 0.6 is 46.4 Å². The smallest absolute Gasteiger partial charge is 0.264 e. The van der Waals surface area contributed by atoms with Crippen LogP contribution in [0, 0.1) is 0 Å². The van der Waals surface area contributed by atoms with Crippen molar-refractivity contribution < 1.29 is 18.0 Å².